The number of aromatic nitrogens is 12. The van der Waals surface area contributed by atoms with Crippen LogP contribution in [0.4, 0.5) is 105 Å². The van der Waals surface area contributed by atoms with E-state index < -0.39 is 0 Å². The third-order valence-electron chi connectivity index (χ3n) is 17.2. The van der Waals surface area contributed by atoms with Crippen molar-refractivity contribution in [1.29, 1.82) is 0 Å². The van der Waals surface area contributed by atoms with Gasteiger partial charge in [-0.2, -0.15) is 29.9 Å². The number of thiophene rings is 1. The standard InChI is InChI=1S/C17H23ClN4O.C17H20N4S.C16H21ClN4.C16H22N4.C15H19ClN4.C15H20N4/c1-11-10-19-16(21-17(2,3)4)20-15(11)22(5)12-7-8-13(18)14(9-12)23-6;1-11-10-18-16(21-17(2,3)4)20-15(11)19-13-5-6-14-12(9-13)7-8-22-14;1-10-8-12(6-7-13(10)17)19-14-11(2)9-18-15(20-14)21-16(3,4)5;1-11-6-8-13(9-7-11)18-14-12(2)10-17-15(19-14)20-16(3,4)5;1-10-9-17-14(20-15(2,3)4)19-13(10)18-12-7-5-11(16)6-8-12;1-11-10-16-14(19-15(2,3)4)18-13(11)17-12-8-6-5-7-9-12/h7-10H,1-6H3,(H,19,20,21);5-10H,1-4H3,(H2,18,19,20,21);6-9H,1-5H3,(H2,18,19,20,21);6-10H,1-5H3,(H2,17,18,19,20);5-9H,1-4H3,(H2,17,18,19,20);5-10H,1-4H3,(H2,16,17,18,19). The Morgan fingerprint density at radius 3 is 1.01 bits per heavy atom. The highest BCUT2D eigenvalue weighted by Gasteiger charge is 2.21. The molecule has 0 unspecified atom stereocenters. The summed E-state index contributed by atoms with van der Waals surface area (Å²) in [5.74, 6) is 9.26. The lowest BCUT2D eigenvalue weighted by atomic mass is 10.1. The molecule has 0 atom stereocenters. The fourth-order valence-electron chi connectivity index (χ4n) is 11.1. The Morgan fingerprint density at radius 2 is 0.640 bits per heavy atom. The number of benzene rings is 6. The van der Waals surface area contributed by atoms with Crippen molar-refractivity contribution in [3.63, 3.8) is 0 Å². The molecule has 7 heterocycles. The van der Waals surface area contributed by atoms with Crippen molar-refractivity contribution in [3.05, 3.63) is 242 Å². The summed E-state index contributed by atoms with van der Waals surface area (Å²) >= 11 is 19.8. The number of rotatable bonds is 19. The summed E-state index contributed by atoms with van der Waals surface area (Å²) in [6.45, 7) is 53.4. The molecule has 0 saturated heterocycles. The predicted molar refractivity (Wildman–Crippen MR) is 530 cm³/mol. The first-order chi connectivity index (χ1) is 58.5. The Hall–Kier alpha value is -12.0. The van der Waals surface area contributed by atoms with E-state index in [0.29, 0.717) is 51.5 Å². The minimum absolute atomic E-state index is 0.0563. The van der Waals surface area contributed by atoms with E-state index in [1.54, 1.807) is 24.6 Å². The van der Waals surface area contributed by atoms with Gasteiger partial charge in [0.25, 0.3) is 0 Å². The molecular weight excluding hydrogens is 1640 g/mol. The van der Waals surface area contributed by atoms with E-state index >= 15 is 0 Å². The van der Waals surface area contributed by atoms with Crippen LogP contribution in [-0.4, -0.2) is 107 Å². The molecule has 29 heteroatoms. The molecule has 662 valence electrons. The summed E-state index contributed by atoms with van der Waals surface area (Å²) in [4.78, 5) is 55.3. The van der Waals surface area contributed by atoms with Crippen LogP contribution in [-0.2, 0) is 0 Å². The van der Waals surface area contributed by atoms with E-state index in [1.165, 1.54) is 15.6 Å². The van der Waals surface area contributed by atoms with Gasteiger partial charge in [-0.3, -0.25) is 0 Å². The molecule has 0 bridgehead atoms. The van der Waals surface area contributed by atoms with Crippen molar-refractivity contribution in [2.45, 2.75) is 213 Å². The minimum atomic E-state index is -0.103. The number of methoxy groups -OCH3 is 1. The van der Waals surface area contributed by atoms with E-state index in [2.05, 4.69) is 292 Å². The molecular formula is C96H125Cl3N24OS. The van der Waals surface area contributed by atoms with Crippen LogP contribution in [0.2, 0.25) is 15.1 Å². The van der Waals surface area contributed by atoms with Crippen LogP contribution < -0.4 is 68.1 Å². The van der Waals surface area contributed by atoms with Gasteiger partial charge in [0.2, 0.25) is 35.7 Å². The molecule has 0 saturated carbocycles. The molecule has 11 N–H and O–H groups in total. The average molecular weight is 1770 g/mol. The van der Waals surface area contributed by atoms with E-state index in [9.17, 15) is 0 Å². The highest BCUT2D eigenvalue weighted by Crippen LogP contribution is 2.35. The number of nitrogens with zero attached hydrogens (tertiary/aromatic N) is 13. The van der Waals surface area contributed by atoms with Gasteiger partial charge in [-0.05, 0) is 299 Å². The first-order valence-electron chi connectivity index (χ1n) is 41.2. The number of ether oxygens (including phenoxy) is 1. The maximum atomic E-state index is 6.10. The number of hydrogen-bond acceptors (Lipinski definition) is 26. The number of aryl methyl sites for hydroxylation is 8. The van der Waals surface area contributed by atoms with Crippen molar-refractivity contribution in [2.75, 3.05) is 77.5 Å². The van der Waals surface area contributed by atoms with Gasteiger partial charge in [0.15, 0.2) is 0 Å². The van der Waals surface area contributed by atoms with Crippen LogP contribution >= 0.6 is 46.1 Å². The molecule has 0 radical (unpaired) electrons. The minimum Gasteiger partial charge on any atom is -0.495 e. The normalized spacial score (nSPS) is 11.3. The number of fused-ring (bicyclic) bond motifs is 1. The van der Waals surface area contributed by atoms with Crippen LogP contribution in [0.3, 0.4) is 0 Å². The second-order valence-corrected chi connectivity index (χ2v) is 38.7. The topological polar surface area (TPSA) is 299 Å². The Kier molecular flexibility index (Phi) is 34.3. The molecule has 0 fully saturated rings. The van der Waals surface area contributed by atoms with Gasteiger partial charge in [0.05, 0.1) is 12.1 Å². The number of halogens is 3. The summed E-state index contributed by atoms with van der Waals surface area (Å²) in [6, 6.07) is 45.7. The van der Waals surface area contributed by atoms with Gasteiger partial charge >= 0.3 is 0 Å². The van der Waals surface area contributed by atoms with Crippen molar-refractivity contribution >= 4 is 161 Å². The van der Waals surface area contributed by atoms with Crippen molar-refractivity contribution in [1.82, 2.24) is 59.8 Å². The molecule has 6 aromatic carbocycles. The summed E-state index contributed by atoms with van der Waals surface area (Å²) in [7, 11) is 3.56. The molecule has 13 aromatic rings. The first-order valence-corrected chi connectivity index (χ1v) is 43.2. The molecule has 13 rings (SSSR count). The van der Waals surface area contributed by atoms with E-state index in [4.69, 9.17) is 39.5 Å². The molecule has 0 spiro atoms. The maximum absolute atomic E-state index is 6.10. The zero-order valence-electron chi connectivity index (χ0n) is 77.6. The fourth-order valence-corrected chi connectivity index (χ4v) is 12.3. The molecule has 125 heavy (non-hydrogen) atoms. The Morgan fingerprint density at radius 1 is 0.320 bits per heavy atom. The second-order valence-electron chi connectivity index (χ2n) is 36.5. The van der Waals surface area contributed by atoms with Gasteiger partial charge in [0.1, 0.15) is 40.7 Å². The van der Waals surface area contributed by atoms with Crippen LogP contribution in [0.15, 0.2) is 182 Å². The van der Waals surface area contributed by atoms with Gasteiger partial charge in [-0.15, -0.1) is 11.3 Å². The lowest BCUT2D eigenvalue weighted by molar-refractivity contribution is 0.415. The van der Waals surface area contributed by atoms with E-state index in [-0.39, 0.29) is 33.2 Å². The van der Waals surface area contributed by atoms with Gasteiger partial charge < -0.3 is 68.1 Å². The number of nitrogens with one attached hydrogen (secondary N) is 11. The number of anilines is 18. The van der Waals surface area contributed by atoms with Crippen molar-refractivity contribution in [2.24, 2.45) is 0 Å². The summed E-state index contributed by atoms with van der Waals surface area (Å²) in [5.41, 5.74) is 13.8. The quantitative estimate of drug-likeness (QED) is 0.0358. The van der Waals surface area contributed by atoms with Crippen LogP contribution in [0, 0.1) is 55.4 Å². The van der Waals surface area contributed by atoms with Gasteiger partial charge in [-0.1, -0.05) is 70.7 Å². The molecule has 7 aromatic heterocycles. The Labute approximate surface area is 758 Å². The fraction of sp³-hybridized carbons (Fsp3) is 0.354. The van der Waals surface area contributed by atoms with Gasteiger partial charge in [0, 0.05) is 166 Å². The Bertz CT molecular complexity index is 5550. The predicted octanol–water partition coefficient (Wildman–Crippen LogP) is 26.3. The molecule has 0 aliphatic rings. The lowest BCUT2D eigenvalue weighted by Crippen LogP contribution is -2.28. The summed E-state index contributed by atoms with van der Waals surface area (Å²) < 4.78 is 6.58. The highest BCUT2D eigenvalue weighted by atomic mass is 35.5. The zero-order valence-corrected chi connectivity index (χ0v) is 80.7. The number of hydrogen-bond donors (Lipinski definition) is 11. The van der Waals surface area contributed by atoms with Gasteiger partial charge in [-0.25, -0.2) is 29.9 Å². The van der Waals surface area contributed by atoms with E-state index in [1.807, 2.05) is 195 Å². The molecule has 0 amide bonds. The monoisotopic (exact) mass is 1770 g/mol. The first kappa shape index (κ1) is 98.5. The SMILES string of the molecule is COc1cc(N(C)c2nc(NC(C)(C)C)ncc2C)ccc1Cl.Cc1cc(Nc2nc(NC(C)(C)C)ncc2C)ccc1Cl.Cc1ccc(Nc2nc(NC(C)(C)C)ncc2C)cc1.Cc1cnc(NC(C)(C)C)nc1Nc1ccc(Cl)cc1.Cc1cnc(NC(C)(C)C)nc1Nc1ccc2sccc2c1.Cc1cnc(NC(C)(C)C)nc1Nc1ccccc1. The molecule has 25 nitrogen and oxygen atoms in total. The van der Waals surface area contributed by atoms with Crippen LogP contribution in [0.5, 0.6) is 5.75 Å². The highest BCUT2D eigenvalue weighted by molar-refractivity contribution is 7.17. The zero-order chi connectivity index (χ0) is 91.9. The number of para-hydroxylation sites is 1. The third kappa shape index (κ3) is 34.2. The summed E-state index contributed by atoms with van der Waals surface area (Å²) in [6.07, 6.45) is 10.9. The lowest BCUT2D eigenvalue weighted by Gasteiger charge is -2.24. The Balaban J connectivity index is 0.000000186. The van der Waals surface area contributed by atoms with Crippen molar-refractivity contribution in [3.8, 4) is 5.75 Å². The maximum Gasteiger partial charge on any atom is 0.225 e. The molecule has 0 aliphatic heterocycles. The third-order valence-corrected chi connectivity index (χ3v) is 19.0. The second kappa shape index (κ2) is 43.6. The molecule has 0 aliphatic carbocycles. The average Bonchev–Trinajstić information content (AvgIpc) is 1.41. The largest absolute Gasteiger partial charge is 0.495 e. The van der Waals surface area contributed by atoms with E-state index in [0.717, 1.165) is 113 Å². The van der Waals surface area contributed by atoms with Crippen LogP contribution in [0.1, 0.15) is 169 Å². The summed E-state index contributed by atoms with van der Waals surface area (Å²) in [5, 5.41) is 41.7. The van der Waals surface area contributed by atoms with Crippen LogP contribution in [0.25, 0.3) is 10.1 Å². The van der Waals surface area contributed by atoms with Crippen molar-refractivity contribution < 1.29 is 4.74 Å². The smallest absolute Gasteiger partial charge is 0.225 e.